The Morgan fingerprint density at radius 2 is 0.638 bits per heavy atom. The number of aliphatic hydroxyl groups excluding tert-OH is 23. The van der Waals surface area contributed by atoms with Crippen LogP contribution in [0.1, 0.15) is 13.8 Å². The number of amides is 2. The molecule has 8 heterocycles. The normalized spacial score (nSPS) is 50.4. The van der Waals surface area contributed by atoms with E-state index in [2.05, 4.69) is 10.6 Å². The molecule has 0 aromatic heterocycles. The predicted octanol–water partition coefficient (Wildman–Crippen LogP) is -17.5. The van der Waals surface area contributed by atoms with Gasteiger partial charge >= 0.3 is 0 Å². The molecule has 8 aliphatic heterocycles. The van der Waals surface area contributed by atoms with E-state index in [0.717, 1.165) is 13.8 Å². The lowest BCUT2D eigenvalue weighted by atomic mass is 9.94. The van der Waals surface area contributed by atoms with Crippen molar-refractivity contribution in [3.63, 3.8) is 0 Å². The van der Waals surface area contributed by atoms with Crippen LogP contribution >= 0.6 is 0 Å². The molecule has 0 bridgehead atoms. The van der Waals surface area contributed by atoms with E-state index in [0.29, 0.717) is 0 Å². The van der Waals surface area contributed by atoms with E-state index in [-0.39, 0.29) is 6.61 Å². The molecular weight excluding hydrogens is 1290 g/mol. The fraction of sp³-hybridized carbons (Fsp3) is 0.962. The van der Waals surface area contributed by atoms with E-state index in [1.807, 2.05) is 0 Å². The summed E-state index contributed by atoms with van der Waals surface area (Å²) in [6.45, 7) is -6.37. The van der Waals surface area contributed by atoms with Gasteiger partial charge in [-0.3, -0.25) is 9.59 Å². The molecule has 94 heavy (non-hydrogen) atoms. The first-order valence-corrected chi connectivity index (χ1v) is 30.0. The largest absolute Gasteiger partial charge is 0.394 e. The Bertz CT molecular complexity index is 2350. The van der Waals surface area contributed by atoms with Gasteiger partial charge < -0.3 is 199 Å². The van der Waals surface area contributed by atoms with Crippen LogP contribution in [0.4, 0.5) is 0 Å². The summed E-state index contributed by atoms with van der Waals surface area (Å²) >= 11 is 0. The Labute approximate surface area is 532 Å². The Morgan fingerprint density at radius 1 is 0.309 bits per heavy atom. The highest BCUT2D eigenvalue weighted by atomic mass is 16.8. The lowest BCUT2D eigenvalue weighted by Gasteiger charge is -2.51. The first kappa shape index (κ1) is 77.2. The van der Waals surface area contributed by atoms with E-state index in [1.165, 1.54) is 0 Å². The lowest BCUT2D eigenvalue weighted by molar-refractivity contribution is -0.407. The number of aliphatic hydroxyl groups is 23. The average molecular weight is 1380 g/mol. The van der Waals surface area contributed by atoms with Gasteiger partial charge in [-0.05, 0) is 0 Å². The maximum absolute atomic E-state index is 12.8. The standard InChI is InChI=1S/C52H88N2O40/c1-12(62)53-14-10-80-20(8-60)40(24(14)64)89-46-23(54-13(2)63)31(71)41(21(9-61)87-46)90-50-39(79)43(30(70)22(88-50)11-81-47-38(78)42(29(69)19(7-59)82-47)91-48-36(76)32(72)25(65)15(3-55)83-48)92-51-45(35(75)28(68)17(5-57)85-51)94-52-44(34(74)27(67)18(6-58)86-52)93-49-37(77)33(73)26(66)16(4-56)84-49/h14-52,55-61,64-79H,3-11H2,1-2H3,(H,53,62)(H,54,63)/t14-,15-,16-,17-,18-,19-,20+,21-,22-,23-,24+,25-,26-,27-,28-,29-,30-,31-,32+,33+,34+,35+,36-,37-,38-,39-,40+,41+,42+,43-,44+,45+,46+,47-,48+,49+,50+,51+,52+/m0/s1. The molecule has 0 spiro atoms. The Morgan fingerprint density at radius 3 is 1.11 bits per heavy atom. The van der Waals surface area contributed by atoms with E-state index < -0.39 is 304 Å². The number of rotatable bonds is 24. The van der Waals surface area contributed by atoms with Crippen LogP contribution in [0.15, 0.2) is 0 Å². The Hall–Kier alpha value is -2.58. The van der Waals surface area contributed by atoms with Crippen LogP contribution in [0, 0.1) is 0 Å². The van der Waals surface area contributed by atoms with Gasteiger partial charge in [0.15, 0.2) is 44.0 Å². The number of hydrogen-bond donors (Lipinski definition) is 25. The average Bonchev–Trinajstić information content (AvgIpc) is 0.776. The zero-order valence-electron chi connectivity index (χ0n) is 50.1. The van der Waals surface area contributed by atoms with Gasteiger partial charge in [-0.2, -0.15) is 0 Å². The lowest BCUT2D eigenvalue weighted by Crippen LogP contribution is -2.70. The summed E-state index contributed by atoms with van der Waals surface area (Å²) in [6, 6.07) is -2.94. The number of ether oxygens (including phenoxy) is 15. The van der Waals surface area contributed by atoms with Gasteiger partial charge in [-0.25, -0.2) is 0 Å². The molecule has 546 valence electrons. The summed E-state index contributed by atoms with van der Waals surface area (Å²) < 4.78 is 87.3. The topological polar surface area (TPSA) is 662 Å². The van der Waals surface area contributed by atoms with Crippen molar-refractivity contribution in [1.29, 1.82) is 0 Å². The number of carbonyl (C=O) groups excluding carboxylic acids is 2. The van der Waals surface area contributed by atoms with Crippen LogP contribution < -0.4 is 10.6 Å². The zero-order valence-corrected chi connectivity index (χ0v) is 50.1. The highest BCUT2D eigenvalue weighted by Crippen LogP contribution is 2.39. The third-order valence-corrected chi connectivity index (χ3v) is 17.4. The number of carbonyl (C=O) groups is 2. The smallest absolute Gasteiger partial charge is 0.217 e. The molecule has 8 saturated heterocycles. The third-order valence-electron chi connectivity index (χ3n) is 17.4. The van der Waals surface area contributed by atoms with Gasteiger partial charge in [0.2, 0.25) is 11.8 Å². The minimum atomic E-state index is -2.48. The molecule has 39 atom stereocenters. The van der Waals surface area contributed by atoms with Crippen molar-refractivity contribution < 1.29 is 198 Å². The SMILES string of the molecule is CC(=O)N[C@@H]1[C@@H](O[C@H]2[C@H](O)[C@@H](NC(C)=O)CO[C@@H]2CO)O[C@@H](CO)[C@@H](O[C@H]2O[C@@H](CO[C@H]3O[C@@H](CO)[C@H](O)[C@@H](O[C@H]4O[C@@H](CO)[C@H](O)[C@@H](O)[C@@H]4O)[C@@H]3O)[C@H](O)[C@H](O[C@H]3O[C@@H](CO)[C@H](O)[C@@H](O)[C@H]3O[C@H]3O[C@@H](CO)[C@H](O)[C@@H](O)[C@H]3O[C@H]3O[C@@H](CO)[C@H](O)[C@@H](O)[C@@H]3O)[C@@H]2O)[C@H]1O. The second-order valence-electron chi connectivity index (χ2n) is 23.8. The molecule has 0 saturated carbocycles. The highest BCUT2D eigenvalue weighted by Gasteiger charge is 2.59. The first-order valence-electron chi connectivity index (χ1n) is 30.0. The van der Waals surface area contributed by atoms with Crippen LogP contribution in [-0.2, 0) is 80.6 Å². The van der Waals surface area contributed by atoms with Gasteiger partial charge in [0, 0.05) is 13.8 Å². The quantitative estimate of drug-likeness (QED) is 0.0427. The zero-order chi connectivity index (χ0) is 69.1. The van der Waals surface area contributed by atoms with E-state index in [4.69, 9.17) is 71.1 Å². The molecule has 42 nitrogen and oxygen atoms in total. The monoisotopic (exact) mass is 1380 g/mol. The second-order valence-corrected chi connectivity index (χ2v) is 23.8. The van der Waals surface area contributed by atoms with Crippen molar-refractivity contribution in [3.05, 3.63) is 0 Å². The number of nitrogens with one attached hydrogen (secondary N) is 2. The fourth-order valence-electron chi connectivity index (χ4n) is 12.1. The van der Waals surface area contributed by atoms with Gasteiger partial charge in [-0.1, -0.05) is 0 Å². The third kappa shape index (κ3) is 16.6. The molecular formula is C52H88N2O40. The summed E-state index contributed by atoms with van der Waals surface area (Å²) in [5, 5.41) is 256. The van der Waals surface area contributed by atoms with Crippen molar-refractivity contribution >= 4 is 11.8 Å². The van der Waals surface area contributed by atoms with E-state index >= 15 is 0 Å². The van der Waals surface area contributed by atoms with Crippen molar-refractivity contribution in [3.8, 4) is 0 Å². The van der Waals surface area contributed by atoms with Crippen LogP contribution in [0.2, 0.25) is 0 Å². The maximum atomic E-state index is 12.8. The molecule has 8 fully saturated rings. The van der Waals surface area contributed by atoms with Crippen molar-refractivity contribution in [2.24, 2.45) is 0 Å². The van der Waals surface area contributed by atoms with Crippen molar-refractivity contribution in [2.45, 2.75) is 253 Å². The van der Waals surface area contributed by atoms with E-state index in [9.17, 15) is 127 Å². The molecule has 0 unspecified atom stereocenters. The van der Waals surface area contributed by atoms with Gasteiger partial charge in [0.25, 0.3) is 0 Å². The van der Waals surface area contributed by atoms with E-state index in [1.54, 1.807) is 0 Å². The van der Waals surface area contributed by atoms with Crippen LogP contribution in [0.3, 0.4) is 0 Å². The Balaban J connectivity index is 1.12. The maximum Gasteiger partial charge on any atom is 0.217 e. The van der Waals surface area contributed by atoms with Crippen LogP contribution in [-0.4, -0.2) is 428 Å². The molecule has 0 aromatic rings. The summed E-state index contributed by atoms with van der Waals surface area (Å²) in [5.74, 6) is -1.47. The van der Waals surface area contributed by atoms with Gasteiger partial charge in [0.05, 0.1) is 65.5 Å². The van der Waals surface area contributed by atoms with Crippen molar-refractivity contribution in [2.75, 3.05) is 59.5 Å². The van der Waals surface area contributed by atoms with Gasteiger partial charge in [0.1, 0.15) is 189 Å². The minimum absolute atomic E-state index is 0.315. The van der Waals surface area contributed by atoms with Crippen molar-refractivity contribution in [1.82, 2.24) is 10.6 Å². The number of hydrogen-bond acceptors (Lipinski definition) is 40. The molecule has 42 heteroatoms. The Kier molecular flexibility index (Phi) is 27.7. The molecule has 25 N–H and O–H groups in total. The summed E-state index contributed by atoms with van der Waals surface area (Å²) in [5.41, 5.74) is 0. The van der Waals surface area contributed by atoms with Crippen LogP contribution in [0.25, 0.3) is 0 Å². The highest BCUT2D eigenvalue weighted by molar-refractivity contribution is 5.73. The molecule has 8 aliphatic rings. The minimum Gasteiger partial charge on any atom is -0.394 e. The molecule has 0 radical (unpaired) electrons. The summed E-state index contributed by atoms with van der Waals surface area (Å²) in [6.07, 6.45) is -75.2. The molecule has 0 aliphatic carbocycles. The molecule has 2 amide bonds. The summed E-state index contributed by atoms with van der Waals surface area (Å²) in [4.78, 5) is 24.8. The summed E-state index contributed by atoms with van der Waals surface area (Å²) in [7, 11) is 0. The van der Waals surface area contributed by atoms with Crippen LogP contribution in [0.5, 0.6) is 0 Å². The molecule has 8 rings (SSSR count). The first-order chi connectivity index (χ1) is 44.6. The second kappa shape index (κ2) is 33.7. The molecule has 0 aromatic carbocycles. The fourth-order valence-corrected chi connectivity index (χ4v) is 12.1. The van der Waals surface area contributed by atoms with Gasteiger partial charge in [-0.15, -0.1) is 0 Å². The predicted molar refractivity (Wildman–Crippen MR) is 286 cm³/mol.